The first-order chi connectivity index (χ1) is 13.2. The standard InChI is InChI=1S/C22H27FN2O2/c23-21-9-6-18(7-10-21)8-11-22(26)25-13-12-24-14-20(15-25)17-27-16-19-4-2-1-3-5-19/h1-7,9-10,20,24H,8,11-17H2. The molecular weight excluding hydrogens is 343 g/mol. The van der Waals surface area contributed by atoms with Crippen molar-refractivity contribution in [1.29, 1.82) is 0 Å². The molecule has 1 aliphatic rings. The van der Waals surface area contributed by atoms with Crippen LogP contribution < -0.4 is 5.32 Å². The Balaban J connectivity index is 1.45. The molecule has 1 unspecified atom stereocenters. The molecule has 1 fully saturated rings. The highest BCUT2D eigenvalue weighted by Gasteiger charge is 2.21. The summed E-state index contributed by atoms with van der Waals surface area (Å²) in [5.41, 5.74) is 2.15. The van der Waals surface area contributed by atoms with Gasteiger partial charge in [0.1, 0.15) is 5.82 Å². The number of halogens is 1. The topological polar surface area (TPSA) is 41.6 Å². The van der Waals surface area contributed by atoms with Crippen LogP contribution in [0.4, 0.5) is 4.39 Å². The minimum atomic E-state index is -0.248. The Hall–Kier alpha value is -2.24. The third kappa shape index (κ3) is 6.45. The van der Waals surface area contributed by atoms with Gasteiger partial charge in [0.15, 0.2) is 0 Å². The lowest BCUT2D eigenvalue weighted by atomic mass is 10.1. The number of hydrogen-bond acceptors (Lipinski definition) is 3. The number of aryl methyl sites for hydroxylation is 1. The highest BCUT2D eigenvalue weighted by atomic mass is 19.1. The molecule has 2 aromatic rings. The average molecular weight is 370 g/mol. The lowest BCUT2D eigenvalue weighted by Gasteiger charge is -2.24. The molecule has 1 atom stereocenters. The fraction of sp³-hybridized carbons (Fsp3) is 0.409. The summed E-state index contributed by atoms with van der Waals surface area (Å²) in [7, 11) is 0. The molecule has 0 saturated carbocycles. The van der Waals surface area contributed by atoms with Gasteiger partial charge < -0.3 is 15.0 Å². The van der Waals surface area contributed by atoms with E-state index in [1.807, 2.05) is 23.1 Å². The van der Waals surface area contributed by atoms with E-state index in [0.29, 0.717) is 32.6 Å². The molecule has 144 valence electrons. The molecule has 4 nitrogen and oxygen atoms in total. The van der Waals surface area contributed by atoms with Crippen LogP contribution in [0.15, 0.2) is 54.6 Å². The predicted octanol–water partition coefficient (Wildman–Crippen LogP) is 3.02. The maximum absolute atomic E-state index is 13.0. The van der Waals surface area contributed by atoms with Crippen molar-refractivity contribution in [3.05, 3.63) is 71.5 Å². The molecule has 0 spiro atoms. The van der Waals surface area contributed by atoms with Crippen LogP contribution in [0.3, 0.4) is 0 Å². The van der Waals surface area contributed by atoms with Crippen molar-refractivity contribution < 1.29 is 13.9 Å². The summed E-state index contributed by atoms with van der Waals surface area (Å²) in [5, 5.41) is 3.40. The summed E-state index contributed by atoms with van der Waals surface area (Å²) in [5.74, 6) is 0.184. The molecule has 2 aromatic carbocycles. The monoisotopic (exact) mass is 370 g/mol. The van der Waals surface area contributed by atoms with E-state index in [1.165, 1.54) is 12.1 Å². The fourth-order valence-corrected chi connectivity index (χ4v) is 3.30. The van der Waals surface area contributed by atoms with Gasteiger partial charge >= 0.3 is 0 Å². The molecule has 5 heteroatoms. The molecule has 0 radical (unpaired) electrons. The smallest absolute Gasteiger partial charge is 0.222 e. The number of amides is 1. The fourth-order valence-electron chi connectivity index (χ4n) is 3.30. The summed E-state index contributed by atoms with van der Waals surface area (Å²) in [4.78, 5) is 14.5. The number of ether oxygens (including phenoxy) is 1. The zero-order valence-electron chi connectivity index (χ0n) is 15.6. The van der Waals surface area contributed by atoms with Crippen LogP contribution >= 0.6 is 0 Å². The van der Waals surface area contributed by atoms with Gasteiger partial charge in [-0.3, -0.25) is 4.79 Å². The lowest BCUT2D eigenvalue weighted by Crippen LogP contribution is -2.37. The van der Waals surface area contributed by atoms with Crippen LogP contribution in [0.25, 0.3) is 0 Å². The first-order valence-corrected chi connectivity index (χ1v) is 9.55. The number of carbonyl (C=O) groups excluding carboxylic acids is 1. The summed E-state index contributed by atoms with van der Waals surface area (Å²) < 4.78 is 18.9. The Morgan fingerprint density at radius 3 is 2.67 bits per heavy atom. The Labute approximate surface area is 160 Å². The van der Waals surface area contributed by atoms with E-state index in [9.17, 15) is 9.18 Å². The zero-order chi connectivity index (χ0) is 18.9. The normalized spacial score (nSPS) is 17.5. The second-order valence-electron chi connectivity index (χ2n) is 7.04. The van der Waals surface area contributed by atoms with Gasteiger partial charge in [-0.25, -0.2) is 4.39 Å². The van der Waals surface area contributed by atoms with E-state index in [0.717, 1.165) is 30.8 Å². The summed E-state index contributed by atoms with van der Waals surface area (Å²) >= 11 is 0. The molecule has 27 heavy (non-hydrogen) atoms. The molecule has 1 heterocycles. The number of nitrogens with one attached hydrogen (secondary N) is 1. The van der Waals surface area contributed by atoms with Gasteiger partial charge in [-0.2, -0.15) is 0 Å². The molecule has 1 amide bonds. The zero-order valence-corrected chi connectivity index (χ0v) is 15.6. The SMILES string of the molecule is O=C(CCc1ccc(F)cc1)N1CCNCC(COCc2ccccc2)C1. The first-order valence-electron chi connectivity index (χ1n) is 9.55. The molecule has 0 bridgehead atoms. The van der Waals surface area contributed by atoms with Crippen molar-refractivity contribution in [3.63, 3.8) is 0 Å². The van der Waals surface area contributed by atoms with Crippen molar-refractivity contribution in [3.8, 4) is 0 Å². The van der Waals surface area contributed by atoms with Crippen molar-refractivity contribution in [1.82, 2.24) is 10.2 Å². The highest BCUT2D eigenvalue weighted by molar-refractivity contribution is 5.76. The third-order valence-electron chi connectivity index (χ3n) is 4.83. The molecule has 1 saturated heterocycles. The van der Waals surface area contributed by atoms with E-state index >= 15 is 0 Å². The lowest BCUT2D eigenvalue weighted by molar-refractivity contribution is -0.131. The van der Waals surface area contributed by atoms with Crippen molar-refractivity contribution in [2.75, 3.05) is 32.8 Å². The second kappa shape index (κ2) is 10.2. The summed E-state index contributed by atoms with van der Waals surface area (Å²) in [6, 6.07) is 16.5. The average Bonchev–Trinajstić information content (AvgIpc) is 2.94. The molecule has 0 aliphatic carbocycles. The Bertz CT molecular complexity index is 706. The quantitative estimate of drug-likeness (QED) is 0.815. The molecule has 1 N–H and O–H groups in total. The highest BCUT2D eigenvalue weighted by Crippen LogP contribution is 2.11. The third-order valence-corrected chi connectivity index (χ3v) is 4.83. The van der Waals surface area contributed by atoms with Gasteiger partial charge in [0.05, 0.1) is 13.2 Å². The van der Waals surface area contributed by atoms with E-state index in [4.69, 9.17) is 4.74 Å². The van der Waals surface area contributed by atoms with Gasteiger partial charge in [-0.1, -0.05) is 42.5 Å². The summed E-state index contributed by atoms with van der Waals surface area (Å²) in [6.45, 7) is 4.31. The van der Waals surface area contributed by atoms with Crippen LogP contribution in [0.5, 0.6) is 0 Å². The van der Waals surface area contributed by atoms with E-state index < -0.39 is 0 Å². The minimum Gasteiger partial charge on any atom is -0.376 e. The van der Waals surface area contributed by atoms with Gasteiger partial charge in [0.2, 0.25) is 5.91 Å². The van der Waals surface area contributed by atoms with Gasteiger partial charge in [-0.05, 0) is 29.7 Å². The Morgan fingerprint density at radius 1 is 1.11 bits per heavy atom. The predicted molar refractivity (Wildman–Crippen MR) is 104 cm³/mol. The van der Waals surface area contributed by atoms with Crippen LogP contribution in [-0.2, 0) is 22.6 Å². The number of benzene rings is 2. The number of nitrogens with zero attached hydrogens (tertiary/aromatic N) is 1. The van der Waals surface area contributed by atoms with Crippen molar-refractivity contribution in [2.24, 2.45) is 5.92 Å². The van der Waals surface area contributed by atoms with Crippen molar-refractivity contribution in [2.45, 2.75) is 19.4 Å². The van der Waals surface area contributed by atoms with E-state index in [2.05, 4.69) is 17.4 Å². The number of carbonyl (C=O) groups is 1. The number of rotatable bonds is 7. The van der Waals surface area contributed by atoms with E-state index in [-0.39, 0.29) is 17.6 Å². The minimum absolute atomic E-state index is 0.149. The number of hydrogen-bond donors (Lipinski definition) is 1. The maximum Gasteiger partial charge on any atom is 0.222 e. The van der Waals surface area contributed by atoms with Crippen molar-refractivity contribution >= 4 is 5.91 Å². The molecule has 3 rings (SSSR count). The largest absolute Gasteiger partial charge is 0.376 e. The van der Waals surface area contributed by atoms with Crippen LogP contribution in [-0.4, -0.2) is 43.6 Å². The van der Waals surface area contributed by atoms with E-state index in [1.54, 1.807) is 12.1 Å². The van der Waals surface area contributed by atoms with Crippen LogP contribution in [0.1, 0.15) is 17.5 Å². The second-order valence-corrected chi connectivity index (χ2v) is 7.04. The maximum atomic E-state index is 13.0. The van der Waals surface area contributed by atoms with Gasteiger partial charge in [0, 0.05) is 38.5 Å². The van der Waals surface area contributed by atoms with Gasteiger partial charge in [0.25, 0.3) is 0 Å². The Kier molecular flexibility index (Phi) is 7.36. The first kappa shape index (κ1) is 19.5. The van der Waals surface area contributed by atoms with Gasteiger partial charge in [-0.15, -0.1) is 0 Å². The molecule has 1 aliphatic heterocycles. The Morgan fingerprint density at radius 2 is 1.89 bits per heavy atom. The van der Waals surface area contributed by atoms with Crippen LogP contribution in [0.2, 0.25) is 0 Å². The summed E-state index contributed by atoms with van der Waals surface area (Å²) in [6.07, 6.45) is 1.08. The molecule has 0 aromatic heterocycles. The van der Waals surface area contributed by atoms with Crippen LogP contribution in [0, 0.1) is 11.7 Å². The molecular formula is C22H27FN2O2.